The minimum atomic E-state index is -4.69. The fraction of sp³-hybridized carbons (Fsp3) is 0.538. The number of rotatable bonds is 7. The maximum absolute atomic E-state index is 12.2. The lowest BCUT2D eigenvalue weighted by Gasteiger charge is -2.20. The maximum Gasteiger partial charge on any atom is 0.573 e. The molecule has 0 heterocycles. The number of ether oxygens (including phenoxy) is 1. The van der Waals surface area contributed by atoms with Crippen molar-refractivity contribution < 1.29 is 17.9 Å². The third kappa shape index (κ3) is 6.23. The highest BCUT2D eigenvalue weighted by Crippen LogP contribution is 2.25. The van der Waals surface area contributed by atoms with Gasteiger partial charge < -0.3 is 20.7 Å². The molecular weight excluding hydrogens is 271 g/mol. The zero-order chi connectivity index (χ0) is 15.2. The van der Waals surface area contributed by atoms with Crippen LogP contribution in [0.25, 0.3) is 0 Å². The lowest BCUT2D eigenvalue weighted by molar-refractivity contribution is -0.274. The molecule has 114 valence electrons. The van der Waals surface area contributed by atoms with Crippen LogP contribution >= 0.6 is 0 Å². The molecular formula is C13H20F3N3O. The normalized spacial score (nSPS) is 13.6. The summed E-state index contributed by atoms with van der Waals surface area (Å²) in [4.78, 5) is 2.00. The van der Waals surface area contributed by atoms with Gasteiger partial charge in [-0.05, 0) is 31.8 Å². The Kier molecular flexibility index (Phi) is 6.25. The van der Waals surface area contributed by atoms with E-state index in [1.54, 1.807) is 6.07 Å². The van der Waals surface area contributed by atoms with Gasteiger partial charge in [-0.3, -0.25) is 0 Å². The first-order valence-corrected chi connectivity index (χ1v) is 6.25. The molecule has 0 fully saturated rings. The molecule has 0 saturated heterocycles. The van der Waals surface area contributed by atoms with E-state index in [-0.39, 0.29) is 11.8 Å². The van der Waals surface area contributed by atoms with Crippen molar-refractivity contribution in [1.82, 2.24) is 10.2 Å². The predicted octanol–water partition coefficient (Wildman–Crippen LogP) is 1.74. The monoisotopic (exact) mass is 291 g/mol. The highest BCUT2D eigenvalue weighted by atomic mass is 19.4. The molecule has 0 saturated carbocycles. The van der Waals surface area contributed by atoms with Crippen molar-refractivity contribution in [2.75, 3.05) is 33.7 Å². The quantitative estimate of drug-likeness (QED) is 0.803. The molecule has 3 N–H and O–H groups in total. The summed E-state index contributed by atoms with van der Waals surface area (Å²) >= 11 is 0. The Labute approximate surface area is 116 Å². The second-order valence-electron chi connectivity index (χ2n) is 4.67. The van der Waals surface area contributed by atoms with E-state index in [0.717, 1.165) is 6.54 Å². The Morgan fingerprint density at radius 1 is 1.35 bits per heavy atom. The molecule has 0 aromatic heterocycles. The number of nitrogens with one attached hydrogen (secondary N) is 1. The van der Waals surface area contributed by atoms with Crippen LogP contribution in [-0.4, -0.2) is 45.0 Å². The van der Waals surface area contributed by atoms with E-state index in [1.165, 1.54) is 18.2 Å². The standard InChI is InChI=1S/C13H20F3N3O/c1-19(2)7-6-18-12(9-17)10-4-3-5-11(8-10)20-13(14,15)16/h3-5,8,12,18H,6-7,9,17H2,1-2H3. The van der Waals surface area contributed by atoms with Crippen molar-refractivity contribution in [3.63, 3.8) is 0 Å². The first-order chi connectivity index (χ1) is 9.31. The lowest BCUT2D eigenvalue weighted by Crippen LogP contribution is -2.33. The molecule has 1 unspecified atom stereocenters. The summed E-state index contributed by atoms with van der Waals surface area (Å²) in [5.41, 5.74) is 6.33. The van der Waals surface area contributed by atoms with Gasteiger partial charge in [0.2, 0.25) is 0 Å². The van der Waals surface area contributed by atoms with E-state index in [1.807, 2.05) is 19.0 Å². The van der Waals surface area contributed by atoms with E-state index < -0.39 is 6.36 Å². The van der Waals surface area contributed by atoms with E-state index in [4.69, 9.17) is 5.73 Å². The molecule has 20 heavy (non-hydrogen) atoms. The number of nitrogens with zero attached hydrogens (tertiary/aromatic N) is 1. The first-order valence-electron chi connectivity index (χ1n) is 6.25. The summed E-state index contributed by atoms with van der Waals surface area (Å²) in [6.45, 7) is 1.80. The van der Waals surface area contributed by atoms with Gasteiger partial charge in [0.1, 0.15) is 5.75 Å². The van der Waals surface area contributed by atoms with Gasteiger partial charge in [0, 0.05) is 25.7 Å². The molecule has 0 amide bonds. The number of hydrogen-bond acceptors (Lipinski definition) is 4. The Hall–Kier alpha value is -1.31. The van der Waals surface area contributed by atoms with E-state index >= 15 is 0 Å². The highest BCUT2D eigenvalue weighted by Gasteiger charge is 2.31. The summed E-state index contributed by atoms with van der Waals surface area (Å²) in [7, 11) is 3.88. The van der Waals surface area contributed by atoms with Gasteiger partial charge in [-0.2, -0.15) is 0 Å². The summed E-state index contributed by atoms with van der Waals surface area (Å²) in [5, 5.41) is 3.20. The minimum Gasteiger partial charge on any atom is -0.406 e. The van der Waals surface area contributed by atoms with Crippen LogP contribution in [-0.2, 0) is 0 Å². The number of benzene rings is 1. The van der Waals surface area contributed by atoms with Crippen LogP contribution in [0.4, 0.5) is 13.2 Å². The van der Waals surface area contributed by atoms with Gasteiger partial charge in [-0.25, -0.2) is 0 Å². The Morgan fingerprint density at radius 3 is 2.60 bits per heavy atom. The van der Waals surface area contributed by atoms with E-state index in [2.05, 4.69) is 10.1 Å². The fourth-order valence-corrected chi connectivity index (χ4v) is 1.73. The van der Waals surface area contributed by atoms with E-state index in [0.29, 0.717) is 18.7 Å². The zero-order valence-electron chi connectivity index (χ0n) is 11.6. The van der Waals surface area contributed by atoms with Gasteiger partial charge in [-0.1, -0.05) is 12.1 Å². The number of hydrogen-bond donors (Lipinski definition) is 2. The van der Waals surface area contributed by atoms with Gasteiger partial charge in [0.15, 0.2) is 0 Å². The topological polar surface area (TPSA) is 50.5 Å². The van der Waals surface area contributed by atoms with Crippen LogP contribution in [0.3, 0.4) is 0 Å². The zero-order valence-corrected chi connectivity index (χ0v) is 11.6. The lowest BCUT2D eigenvalue weighted by atomic mass is 10.1. The van der Waals surface area contributed by atoms with Gasteiger partial charge in [0.25, 0.3) is 0 Å². The molecule has 0 radical (unpaired) electrons. The Morgan fingerprint density at radius 2 is 2.05 bits per heavy atom. The SMILES string of the molecule is CN(C)CCNC(CN)c1cccc(OC(F)(F)F)c1. The third-order valence-corrected chi connectivity index (χ3v) is 2.68. The van der Waals surface area contributed by atoms with Crippen molar-refractivity contribution in [3.8, 4) is 5.75 Å². The van der Waals surface area contributed by atoms with Gasteiger partial charge in [0.05, 0.1) is 0 Å². The average molecular weight is 291 g/mol. The van der Waals surface area contributed by atoms with Crippen LogP contribution in [0, 0.1) is 0 Å². The minimum absolute atomic E-state index is 0.202. The van der Waals surface area contributed by atoms with E-state index in [9.17, 15) is 13.2 Å². The Bertz CT molecular complexity index is 410. The van der Waals surface area contributed by atoms with Crippen molar-refractivity contribution in [2.24, 2.45) is 5.73 Å². The van der Waals surface area contributed by atoms with Crippen molar-refractivity contribution in [2.45, 2.75) is 12.4 Å². The average Bonchev–Trinajstić information content (AvgIpc) is 2.32. The molecule has 1 rings (SSSR count). The molecule has 1 aromatic carbocycles. The predicted molar refractivity (Wildman–Crippen MR) is 71.5 cm³/mol. The molecule has 0 aliphatic rings. The highest BCUT2D eigenvalue weighted by molar-refractivity contribution is 5.31. The molecule has 0 aliphatic heterocycles. The van der Waals surface area contributed by atoms with Gasteiger partial charge >= 0.3 is 6.36 Å². The largest absolute Gasteiger partial charge is 0.573 e. The second kappa shape index (κ2) is 7.47. The first kappa shape index (κ1) is 16.7. The number of nitrogens with two attached hydrogens (primary N) is 1. The number of likely N-dealkylation sites (N-methyl/N-ethyl adjacent to an activating group) is 1. The van der Waals surface area contributed by atoms with Crippen LogP contribution < -0.4 is 15.8 Å². The summed E-state index contributed by atoms with van der Waals surface area (Å²) in [5.74, 6) is -0.233. The summed E-state index contributed by atoms with van der Waals surface area (Å²) in [6.07, 6.45) is -4.69. The fourth-order valence-electron chi connectivity index (χ4n) is 1.73. The maximum atomic E-state index is 12.2. The Balaban J connectivity index is 2.70. The molecule has 1 aromatic rings. The van der Waals surface area contributed by atoms with Crippen molar-refractivity contribution >= 4 is 0 Å². The second-order valence-corrected chi connectivity index (χ2v) is 4.67. The molecule has 0 spiro atoms. The van der Waals surface area contributed by atoms with Crippen LogP contribution in [0.15, 0.2) is 24.3 Å². The summed E-state index contributed by atoms with van der Waals surface area (Å²) < 4.78 is 40.4. The van der Waals surface area contributed by atoms with Crippen molar-refractivity contribution in [1.29, 1.82) is 0 Å². The van der Waals surface area contributed by atoms with Crippen LogP contribution in [0.1, 0.15) is 11.6 Å². The van der Waals surface area contributed by atoms with Crippen molar-refractivity contribution in [3.05, 3.63) is 29.8 Å². The number of alkyl halides is 3. The number of halogens is 3. The van der Waals surface area contributed by atoms with Gasteiger partial charge in [-0.15, -0.1) is 13.2 Å². The smallest absolute Gasteiger partial charge is 0.406 e. The third-order valence-electron chi connectivity index (χ3n) is 2.68. The van der Waals surface area contributed by atoms with Crippen LogP contribution in [0.5, 0.6) is 5.75 Å². The molecule has 0 bridgehead atoms. The molecule has 7 heteroatoms. The molecule has 4 nitrogen and oxygen atoms in total. The summed E-state index contributed by atoms with van der Waals surface area (Å²) in [6, 6.07) is 5.67. The van der Waals surface area contributed by atoms with Crippen LogP contribution in [0.2, 0.25) is 0 Å². The molecule has 1 atom stereocenters. The molecule has 0 aliphatic carbocycles.